The molecule has 0 saturated carbocycles. The van der Waals surface area contributed by atoms with E-state index >= 15 is 0 Å². The maximum absolute atomic E-state index is 13.1. The van der Waals surface area contributed by atoms with Crippen molar-refractivity contribution in [2.24, 2.45) is 0 Å². The van der Waals surface area contributed by atoms with Crippen molar-refractivity contribution in [1.82, 2.24) is 9.80 Å². The molecule has 3 rings (SSSR count). The molecule has 3 nitrogen and oxygen atoms in total. The van der Waals surface area contributed by atoms with Gasteiger partial charge < -0.3 is 4.90 Å². The second kappa shape index (κ2) is 9.33. The smallest absolute Gasteiger partial charge is 0.246 e. The molecule has 28 heavy (non-hydrogen) atoms. The number of hydrogen-bond acceptors (Lipinski definition) is 2. The predicted octanol–water partition coefficient (Wildman–Crippen LogP) is 5.49. The van der Waals surface area contributed by atoms with Gasteiger partial charge in [-0.25, -0.2) is 4.39 Å². The summed E-state index contributed by atoms with van der Waals surface area (Å²) in [5, 5.41) is 0. The molecular formula is C22H23Br2FN2O. The molecule has 1 saturated heterocycles. The highest BCUT2D eigenvalue weighted by atomic mass is 79.9. The number of piperazine rings is 1. The standard InChI is InChI=1S/C22H23Br2FN2O/c1-15-13-27(22(28)10-6-17-5-9-20(23)21(24)11-17)16(2)12-26(15)14-18-3-7-19(25)8-4-18/h3-11,15-16H,12-14H2,1-2H3/b10-6+. The van der Waals surface area contributed by atoms with Crippen LogP contribution < -0.4 is 0 Å². The molecule has 0 aliphatic carbocycles. The van der Waals surface area contributed by atoms with Crippen LogP contribution in [0.4, 0.5) is 4.39 Å². The van der Waals surface area contributed by atoms with Crippen molar-refractivity contribution in [1.29, 1.82) is 0 Å². The molecule has 1 aliphatic rings. The largest absolute Gasteiger partial charge is 0.334 e. The minimum atomic E-state index is -0.217. The number of carbonyl (C=O) groups is 1. The Labute approximate surface area is 182 Å². The van der Waals surface area contributed by atoms with E-state index in [0.29, 0.717) is 6.54 Å². The Morgan fingerprint density at radius 1 is 1.07 bits per heavy atom. The lowest BCUT2D eigenvalue weighted by atomic mass is 10.1. The van der Waals surface area contributed by atoms with Gasteiger partial charge in [0.15, 0.2) is 0 Å². The zero-order valence-electron chi connectivity index (χ0n) is 15.9. The molecule has 1 heterocycles. The van der Waals surface area contributed by atoms with Crippen LogP contribution in [0.2, 0.25) is 0 Å². The van der Waals surface area contributed by atoms with Gasteiger partial charge in [-0.05, 0) is 87.2 Å². The molecule has 2 atom stereocenters. The lowest BCUT2D eigenvalue weighted by Gasteiger charge is -2.44. The number of carbonyl (C=O) groups excluding carboxylic acids is 1. The molecule has 1 aliphatic heterocycles. The maximum Gasteiger partial charge on any atom is 0.246 e. The van der Waals surface area contributed by atoms with Crippen molar-refractivity contribution in [2.75, 3.05) is 13.1 Å². The van der Waals surface area contributed by atoms with Crippen LogP contribution in [0, 0.1) is 5.82 Å². The minimum Gasteiger partial charge on any atom is -0.334 e. The van der Waals surface area contributed by atoms with Gasteiger partial charge in [0, 0.05) is 46.7 Å². The van der Waals surface area contributed by atoms with Crippen molar-refractivity contribution in [3.05, 3.63) is 74.4 Å². The minimum absolute atomic E-state index is 0.0276. The summed E-state index contributed by atoms with van der Waals surface area (Å²) < 4.78 is 15.1. The van der Waals surface area contributed by atoms with Crippen LogP contribution in [0.1, 0.15) is 25.0 Å². The summed E-state index contributed by atoms with van der Waals surface area (Å²) >= 11 is 6.93. The van der Waals surface area contributed by atoms with Crippen molar-refractivity contribution in [3.63, 3.8) is 0 Å². The van der Waals surface area contributed by atoms with Gasteiger partial charge in [0.25, 0.3) is 0 Å². The molecular weight excluding hydrogens is 487 g/mol. The Morgan fingerprint density at radius 2 is 1.79 bits per heavy atom. The Morgan fingerprint density at radius 3 is 2.46 bits per heavy atom. The third kappa shape index (κ3) is 5.31. The average molecular weight is 510 g/mol. The summed E-state index contributed by atoms with van der Waals surface area (Å²) in [4.78, 5) is 17.0. The molecule has 0 aromatic heterocycles. The summed E-state index contributed by atoms with van der Waals surface area (Å²) in [5.41, 5.74) is 2.06. The van der Waals surface area contributed by atoms with Gasteiger partial charge in [-0.15, -0.1) is 0 Å². The SMILES string of the molecule is CC1CN(C(=O)/C=C/c2ccc(Br)c(Br)c2)C(C)CN1Cc1ccc(F)cc1. The fourth-order valence-corrected chi connectivity index (χ4v) is 4.07. The van der Waals surface area contributed by atoms with E-state index in [1.54, 1.807) is 6.08 Å². The molecule has 1 fully saturated rings. The number of benzene rings is 2. The third-order valence-corrected chi connectivity index (χ3v) is 6.94. The first-order chi connectivity index (χ1) is 13.3. The average Bonchev–Trinajstić information content (AvgIpc) is 2.67. The van der Waals surface area contributed by atoms with Gasteiger partial charge in [0.1, 0.15) is 5.82 Å². The highest BCUT2D eigenvalue weighted by molar-refractivity contribution is 9.13. The second-order valence-corrected chi connectivity index (χ2v) is 8.96. The molecule has 0 N–H and O–H groups in total. The maximum atomic E-state index is 13.1. The quantitative estimate of drug-likeness (QED) is 0.509. The van der Waals surface area contributed by atoms with Gasteiger partial charge in [-0.2, -0.15) is 0 Å². The monoisotopic (exact) mass is 508 g/mol. The van der Waals surface area contributed by atoms with Crippen LogP contribution in [0.3, 0.4) is 0 Å². The summed E-state index contributed by atoms with van der Waals surface area (Å²) in [6.45, 7) is 6.44. The molecule has 1 amide bonds. The molecule has 0 spiro atoms. The van der Waals surface area contributed by atoms with E-state index < -0.39 is 0 Å². The summed E-state index contributed by atoms with van der Waals surface area (Å²) in [6.07, 6.45) is 3.50. The lowest BCUT2D eigenvalue weighted by Crippen LogP contribution is -2.57. The lowest BCUT2D eigenvalue weighted by molar-refractivity contribution is -0.131. The van der Waals surface area contributed by atoms with E-state index in [2.05, 4.69) is 50.6 Å². The fourth-order valence-electron chi connectivity index (χ4n) is 3.43. The van der Waals surface area contributed by atoms with E-state index in [1.165, 1.54) is 12.1 Å². The molecule has 0 radical (unpaired) electrons. The van der Waals surface area contributed by atoms with Crippen LogP contribution in [-0.4, -0.2) is 40.9 Å². The summed E-state index contributed by atoms with van der Waals surface area (Å²) in [6, 6.07) is 12.9. The molecule has 148 valence electrons. The molecule has 2 aromatic rings. The van der Waals surface area contributed by atoms with E-state index in [1.807, 2.05) is 41.3 Å². The highest BCUT2D eigenvalue weighted by Gasteiger charge is 2.30. The first-order valence-corrected chi connectivity index (χ1v) is 10.8. The normalized spacial score (nSPS) is 20.7. The number of amides is 1. The van der Waals surface area contributed by atoms with Crippen molar-refractivity contribution in [2.45, 2.75) is 32.5 Å². The van der Waals surface area contributed by atoms with E-state index in [4.69, 9.17) is 0 Å². The van der Waals surface area contributed by atoms with Gasteiger partial charge in [0.05, 0.1) is 0 Å². The summed E-state index contributed by atoms with van der Waals surface area (Å²) in [7, 11) is 0. The second-order valence-electron chi connectivity index (χ2n) is 7.25. The van der Waals surface area contributed by atoms with Crippen molar-refractivity contribution in [3.8, 4) is 0 Å². The number of rotatable bonds is 4. The van der Waals surface area contributed by atoms with E-state index in [0.717, 1.165) is 33.2 Å². The van der Waals surface area contributed by atoms with Gasteiger partial charge in [-0.1, -0.05) is 18.2 Å². The highest BCUT2D eigenvalue weighted by Crippen LogP contribution is 2.24. The van der Waals surface area contributed by atoms with Crippen LogP contribution in [-0.2, 0) is 11.3 Å². The van der Waals surface area contributed by atoms with Gasteiger partial charge in [-0.3, -0.25) is 9.69 Å². The zero-order valence-corrected chi connectivity index (χ0v) is 19.1. The Bertz CT molecular complexity index is 869. The number of nitrogens with zero attached hydrogens (tertiary/aromatic N) is 2. The predicted molar refractivity (Wildman–Crippen MR) is 118 cm³/mol. The molecule has 2 unspecified atom stereocenters. The van der Waals surface area contributed by atoms with Crippen LogP contribution in [0.5, 0.6) is 0 Å². The molecule has 0 bridgehead atoms. The Kier molecular flexibility index (Phi) is 7.07. The zero-order chi connectivity index (χ0) is 20.3. The van der Waals surface area contributed by atoms with Crippen LogP contribution in [0.25, 0.3) is 6.08 Å². The van der Waals surface area contributed by atoms with Crippen LogP contribution in [0.15, 0.2) is 57.5 Å². The first-order valence-electron chi connectivity index (χ1n) is 9.25. The van der Waals surface area contributed by atoms with Gasteiger partial charge in [0.2, 0.25) is 5.91 Å². The Balaban J connectivity index is 1.62. The molecule has 6 heteroatoms. The van der Waals surface area contributed by atoms with Gasteiger partial charge >= 0.3 is 0 Å². The fraction of sp³-hybridized carbons (Fsp3) is 0.318. The van der Waals surface area contributed by atoms with E-state index in [9.17, 15) is 9.18 Å². The van der Waals surface area contributed by atoms with E-state index in [-0.39, 0.29) is 23.8 Å². The van der Waals surface area contributed by atoms with Crippen LogP contribution >= 0.6 is 31.9 Å². The number of hydrogen-bond donors (Lipinski definition) is 0. The summed E-state index contributed by atoms with van der Waals surface area (Å²) in [5.74, 6) is -0.190. The number of halogens is 3. The topological polar surface area (TPSA) is 23.6 Å². The Hall–Kier alpha value is -1.50. The van der Waals surface area contributed by atoms with Crippen molar-refractivity contribution >= 4 is 43.8 Å². The first kappa shape index (κ1) is 21.2. The van der Waals surface area contributed by atoms with Crippen molar-refractivity contribution < 1.29 is 9.18 Å². The third-order valence-electron chi connectivity index (χ3n) is 5.06. The molecule has 2 aromatic carbocycles.